The molecule has 1 fully saturated rings. The van der Waals surface area contributed by atoms with Crippen molar-refractivity contribution in [1.29, 1.82) is 0 Å². The van der Waals surface area contributed by atoms with Gasteiger partial charge in [0.1, 0.15) is 6.10 Å². The first kappa shape index (κ1) is 23.9. The summed E-state index contributed by atoms with van der Waals surface area (Å²) in [7, 11) is 0. The number of nitrogens with zero attached hydrogens (tertiary/aromatic N) is 1. The number of esters is 1. The molecule has 0 saturated carbocycles. The molecule has 1 saturated heterocycles. The zero-order valence-corrected chi connectivity index (χ0v) is 20.7. The molecule has 0 radical (unpaired) electrons. The van der Waals surface area contributed by atoms with Crippen molar-refractivity contribution in [3.8, 4) is 0 Å². The van der Waals surface area contributed by atoms with Crippen LogP contribution in [0.4, 0.5) is 0 Å². The number of rotatable bonds is 7. The largest absolute Gasteiger partial charge is 0.478 e. The maximum atomic E-state index is 13.1. The van der Waals surface area contributed by atoms with E-state index in [-0.39, 0.29) is 24.1 Å². The van der Waals surface area contributed by atoms with Crippen molar-refractivity contribution in [2.75, 3.05) is 0 Å². The van der Waals surface area contributed by atoms with E-state index in [0.29, 0.717) is 5.56 Å². The van der Waals surface area contributed by atoms with Gasteiger partial charge in [-0.05, 0) is 28.8 Å². The van der Waals surface area contributed by atoms with Crippen LogP contribution >= 0.6 is 0 Å². The van der Waals surface area contributed by atoms with Crippen LogP contribution in [0.25, 0.3) is 0 Å². The van der Waals surface area contributed by atoms with Crippen molar-refractivity contribution < 1.29 is 19.4 Å². The summed E-state index contributed by atoms with van der Waals surface area (Å²) in [6.45, 7) is 0. The maximum Gasteiger partial charge on any atom is 0.338 e. The fraction of sp³-hybridized carbons (Fsp3) is 0.152. The molecule has 1 aliphatic carbocycles. The van der Waals surface area contributed by atoms with Gasteiger partial charge in [-0.15, -0.1) is 0 Å². The molecule has 0 amide bonds. The van der Waals surface area contributed by atoms with Gasteiger partial charge >= 0.3 is 11.9 Å². The standard InChI is InChI=1S/C33H27NO4/c35-31(36)24-21-28-30(29(22-24)38-32(37)23-13-5-1-6-14-23)34(28)33(25-15-7-2-8-16-25,26-17-9-3-10-18-26)27-19-11-4-12-20-27/h1-21,28-30H,22H2,(H,35,36)/t28-,29+,30-,34?/m0/s1. The normalized spacial score (nSPS) is 22.1. The fourth-order valence-electron chi connectivity index (χ4n) is 5.94. The summed E-state index contributed by atoms with van der Waals surface area (Å²) < 4.78 is 6.06. The van der Waals surface area contributed by atoms with Crippen LogP contribution in [0.2, 0.25) is 0 Å². The summed E-state index contributed by atoms with van der Waals surface area (Å²) in [4.78, 5) is 27.6. The number of ether oxygens (including phenoxy) is 1. The van der Waals surface area contributed by atoms with Crippen molar-refractivity contribution >= 4 is 11.9 Å². The van der Waals surface area contributed by atoms with Gasteiger partial charge in [-0.25, -0.2) is 9.59 Å². The summed E-state index contributed by atoms with van der Waals surface area (Å²) >= 11 is 0. The van der Waals surface area contributed by atoms with Gasteiger partial charge in [0.15, 0.2) is 0 Å². The third-order valence-corrected chi connectivity index (χ3v) is 7.58. The van der Waals surface area contributed by atoms with Crippen LogP contribution < -0.4 is 0 Å². The van der Waals surface area contributed by atoms with E-state index in [9.17, 15) is 14.7 Å². The fourth-order valence-corrected chi connectivity index (χ4v) is 5.94. The highest BCUT2D eigenvalue weighted by atomic mass is 16.5. The molecule has 1 N–H and O–H groups in total. The highest BCUT2D eigenvalue weighted by Crippen LogP contribution is 2.55. The van der Waals surface area contributed by atoms with Crippen LogP contribution in [0.5, 0.6) is 0 Å². The molecule has 1 heterocycles. The van der Waals surface area contributed by atoms with Crippen LogP contribution in [0.3, 0.4) is 0 Å². The van der Waals surface area contributed by atoms with Crippen LogP contribution in [0.15, 0.2) is 133 Å². The minimum Gasteiger partial charge on any atom is -0.478 e. The summed E-state index contributed by atoms with van der Waals surface area (Å²) in [5.41, 5.74) is 3.17. The minimum absolute atomic E-state index is 0.153. The van der Waals surface area contributed by atoms with Gasteiger partial charge in [0.2, 0.25) is 0 Å². The second-order valence-electron chi connectivity index (χ2n) is 9.71. The number of carbonyl (C=O) groups excluding carboxylic acids is 1. The molecule has 4 aromatic rings. The number of carbonyl (C=O) groups is 2. The van der Waals surface area contributed by atoms with Crippen molar-refractivity contribution in [2.45, 2.75) is 30.1 Å². The third-order valence-electron chi connectivity index (χ3n) is 7.58. The number of aliphatic carboxylic acids is 1. The number of fused-ring (bicyclic) bond motifs is 1. The maximum absolute atomic E-state index is 13.1. The van der Waals surface area contributed by atoms with E-state index < -0.39 is 23.6 Å². The molecule has 0 aromatic heterocycles. The molecule has 0 bridgehead atoms. The second kappa shape index (κ2) is 9.77. The van der Waals surface area contributed by atoms with Gasteiger partial charge in [0.05, 0.1) is 17.1 Å². The SMILES string of the molecule is O=C(O)C1=C[C@H]2[C@@H]([C@H](OC(=O)c3ccccc3)C1)N2C(c1ccccc1)(c1ccccc1)c1ccccc1. The summed E-state index contributed by atoms with van der Waals surface area (Å²) in [6, 6.07) is 39.2. The zero-order chi connectivity index (χ0) is 26.1. The molecule has 38 heavy (non-hydrogen) atoms. The van der Waals surface area contributed by atoms with Gasteiger partial charge < -0.3 is 9.84 Å². The average molecular weight is 502 g/mol. The lowest BCUT2D eigenvalue weighted by Gasteiger charge is -2.39. The second-order valence-corrected chi connectivity index (χ2v) is 9.71. The quantitative estimate of drug-likeness (QED) is 0.201. The number of hydrogen-bond donors (Lipinski definition) is 1. The summed E-state index contributed by atoms with van der Waals surface area (Å²) in [6.07, 6.45) is 1.38. The lowest BCUT2D eigenvalue weighted by atomic mass is 9.76. The molecular weight excluding hydrogens is 474 g/mol. The Morgan fingerprint density at radius 3 is 1.61 bits per heavy atom. The van der Waals surface area contributed by atoms with E-state index in [2.05, 4.69) is 41.3 Å². The van der Waals surface area contributed by atoms with Crippen LogP contribution in [-0.2, 0) is 15.1 Å². The molecule has 6 rings (SSSR count). The molecule has 1 unspecified atom stereocenters. The molecule has 1 aliphatic heterocycles. The summed E-state index contributed by atoms with van der Waals surface area (Å²) in [5.74, 6) is -1.43. The van der Waals surface area contributed by atoms with Crippen molar-refractivity contribution in [2.24, 2.45) is 0 Å². The molecule has 5 nitrogen and oxygen atoms in total. The highest BCUT2D eigenvalue weighted by Gasteiger charge is 2.64. The Morgan fingerprint density at radius 1 is 0.711 bits per heavy atom. The molecule has 188 valence electrons. The smallest absolute Gasteiger partial charge is 0.338 e. The molecule has 0 spiro atoms. The van der Waals surface area contributed by atoms with Crippen molar-refractivity contribution in [3.63, 3.8) is 0 Å². The van der Waals surface area contributed by atoms with E-state index in [1.165, 1.54) is 0 Å². The Balaban J connectivity index is 1.51. The first-order chi connectivity index (χ1) is 18.6. The van der Waals surface area contributed by atoms with Gasteiger partial charge in [-0.2, -0.15) is 0 Å². The molecule has 5 heteroatoms. The Morgan fingerprint density at radius 2 is 1.16 bits per heavy atom. The van der Waals surface area contributed by atoms with E-state index in [1.807, 2.05) is 66.7 Å². The van der Waals surface area contributed by atoms with E-state index in [1.54, 1.807) is 24.3 Å². The van der Waals surface area contributed by atoms with Crippen molar-refractivity contribution in [3.05, 3.63) is 155 Å². The Bertz CT molecular complexity index is 1370. The summed E-state index contributed by atoms with van der Waals surface area (Å²) in [5, 5.41) is 9.96. The van der Waals surface area contributed by atoms with Gasteiger partial charge in [-0.1, -0.05) is 115 Å². The molecule has 4 aromatic carbocycles. The molecule has 4 atom stereocenters. The number of hydrogen-bond acceptors (Lipinski definition) is 4. The zero-order valence-electron chi connectivity index (χ0n) is 20.7. The number of carboxylic acid groups (broad SMARTS) is 1. The van der Waals surface area contributed by atoms with E-state index in [0.717, 1.165) is 16.7 Å². The van der Waals surface area contributed by atoms with Crippen LogP contribution in [0.1, 0.15) is 33.5 Å². The monoisotopic (exact) mass is 501 g/mol. The molecular formula is C33H27NO4. The number of benzene rings is 4. The van der Waals surface area contributed by atoms with E-state index >= 15 is 0 Å². The minimum atomic E-state index is -0.985. The van der Waals surface area contributed by atoms with Gasteiger partial charge in [-0.3, -0.25) is 4.90 Å². The van der Waals surface area contributed by atoms with Gasteiger partial charge in [0.25, 0.3) is 0 Å². The van der Waals surface area contributed by atoms with Crippen LogP contribution in [-0.4, -0.2) is 40.1 Å². The first-order valence-corrected chi connectivity index (χ1v) is 12.8. The Labute approximate surface area is 221 Å². The predicted octanol–water partition coefficient (Wildman–Crippen LogP) is 5.67. The van der Waals surface area contributed by atoms with Gasteiger partial charge in [0, 0.05) is 18.0 Å². The lowest BCUT2D eigenvalue weighted by Crippen LogP contribution is -2.41. The van der Waals surface area contributed by atoms with E-state index in [4.69, 9.17) is 4.74 Å². The molecule has 2 aliphatic rings. The predicted molar refractivity (Wildman–Crippen MR) is 145 cm³/mol. The third kappa shape index (κ3) is 4.01. The lowest BCUT2D eigenvalue weighted by molar-refractivity contribution is -0.133. The van der Waals surface area contributed by atoms with Crippen LogP contribution in [0, 0.1) is 0 Å². The highest BCUT2D eigenvalue weighted by molar-refractivity contribution is 5.90. The topological polar surface area (TPSA) is 66.6 Å². The average Bonchev–Trinajstić information content (AvgIpc) is 3.70. The van der Waals surface area contributed by atoms with Crippen molar-refractivity contribution in [1.82, 2.24) is 4.90 Å². The first-order valence-electron chi connectivity index (χ1n) is 12.8. The number of carboxylic acids is 1. The Hall–Kier alpha value is -4.48. The Kier molecular flexibility index (Phi) is 6.14.